The number of ketones is 1. The largest absolute Gasteiger partial charge is 0.340 e. The molecule has 5 heteroatoms. The number of amides is 1. The fourth-order valence-electron chi connectivity index (χ4n) is 3.12. The second kappa shape index (κ2) is 8.92. The molecule has 1 aromatic heterocycles. The summed E-state index contributed by atoms with van der Waals surface area (Å²) in [7, 11) is 0. The quantitative estimate of drug-likeness (QED) is 0.714. The molecule has 0 atom stereocenters. The molecule has 1 aliphatic rings. The number of carbonyl (C=O) groups is 2. The topological polar surface area (TPSA) is 40.6 Å². The Bertz CT molecular complexity index is 677. The standard InChI is InChI=1S/C20H24N2O2S/c23-18(19-9-5-15-25-19)8-4-10-20(24)22-13-11-21(12-14-22)16-17-6-2-1-3-7-17/h1-3,5-7,9,15H,4,8,10-14,16H2. The Morgan fingerprint density at radius 1 is 0.920 bits per heavy atom. The molecule has 0 N–H and O–H groups in total. The van der Waals surface area contributed by atoms with Crippen molar-refractivity contribution in [1.82, 2.24) is 9.80 Å². The van der Waals surface area contributed by atoms with E-state index in [1.165, 1.54) is 16.9 Å². The minimum absolute atomic E-state index is 0.149. The van der Waals surface area contributed by atoms with Crippen LogP contribution in [-0.4, -0.2) is 47.7 Å². The third kappa shape index (κ3) is 5.25. The maximum absolute atomic E-state index is 12.3. The van der Waals surface area contributed by atoms with Crippen LogP contribution in [0.15, 0.2) is 47.8 Å². The van der Waals surface area contributed by atoms with Gasteiger partial charge in [0.25, 0.3) is 0 Å². The van der Waals surface area contributed by atoms with E-state index in [1.807, 2.05) is 28.5 Å². The first-order valence-corrected chi connectivity index (χ1v) is 9.71. The van der Waals surface area contributed by atoms with Crippen molar-refractivity contribution in [2.75, 3.05) is 26.2 Å². The van der Waals surface area contributed by atoms with Crippen LogP contribution < -0.4 is 0 Å². The fraction of sp³-hybridized carbons (Fsp3) is 0.400. The molecule has 0 aliphatic carbocycles. The second-order valence-corrected chi connectivity index (χ2v) is 7.34. The Morgan fingerprint density at radius 2 is 1.68 bits per heavy atom. The molecule has 1 fully saturated rings. The second-order valence-electron chi connectivity index (χ2n) is 6.40. The average molecular weight is 356 g/mol. The number of nitrogens with zero attached hydrogens (tertiary/aromatic N) is 2. The Hall–Kier alpha value is -1.98. The summed E-state index contributed by atoms with van der Waals surface area (Å²) >= 11 is 1.47. The summed E-state index contributed by atoms with van der Waals surface area (Å²) in [4.78, 5) is 29.4. The van der Waals surface area contributed by atoms with Crippen LogP contribution in [0.4, 0.5) is 0 Å². The van der Waals surface area contributed by atoms with Gasteiger partial charge < -0.3 is 4.90 Å². The van der Waals surface area contributed by atoms with Crippen LogP contribution in [0, 0.1) is 0 Å². The molecule has 1 aliphatic heterocycles. The van der Waals surface area contributed by atoms with Gasteiger partial charge in [0.1, 0.15) is 0 Å². The van der Waals surface area contributed by atoms with Crippen molar-refractivity contribution in [3.63, 3.8) is 0 Å². The maximum Gasteiger partial charge on any atom is 0.222 e. The van der Waals surface area contributed by atoms with Gasteiger partial charge in [0.05, 0.1) is 4.88 Å². The van der Waals surface area contributed by atoms with Crippen LogP contribution >= 0.6 is 11.3 Å². The van der Waals surface area contributed by atoms with Crippen molar-refractivity contribution in [3.8, 4) is 0 Å². The van der Waals surface area contributed by atoms with Gasteiger partial charge in [-0.05, 0) is 23.4 Å². The van der Waals surface area contributed by atoms with Crippen LogP contribution in [0.25, 0.3) is 0 Å². The van der Waals surface area contributed by atoms with E-state index < -0.39 is 0 Å². The summed E-state index contributed by atoms with van der Waals surface area (Å²) in [5.74, 6) is 0.328. The predicted octanol–water partition coefficient (Wildman–Crippen LogP) is 3.45. The summed E-state index contributed by atoms with van der Waals surface area (Å²) in [5, 5.41) is 1.91. The van der Waals surface area contributed by atoms with Gasteiger partial charge in [-0.1, -0.05) is 36.4 Å². The highest BCUT2D eigenvalue weighted by molar-refractivity contribution is 7.12. The smallest absolute Gasteiger partial charge is 0.222 e. The van der Waals surface area contributed by atoms with E-state index in [9.17, 15) is 9.59 Å². The fourth-order valence-corrected chi connectivity index (χ4v) is 3.81. The Morgan fingerprint density at radius 3 is 2.36 bits per heavy atom. The minimum Gasteiger partial charge on any atom is -0.340 e. The molecular formula is C20H24N2O2S. The first-order valence-electron chi connectivity index (χ1n) is 8.83. The highest BCUT2D eigenvalue weighted by Gasteiger charge is 2.21. The van der Waals surface area contributed by atoms with Gasteiger partial charge in [0.2, 0.25) is 5.91 Å². The lowest BCUT2D eigenvalue weighted by Crippen LogP contribution is -2.48. The summed E-state index contributed by atoms with van der Waals surface area (Å²) in [6.45, 7) is 4.33. The molecule has 4 nitrogen and oxygen atoms in total. The Kier molecular flexibility index (Phi) is 6.36. The van der Waals surface area contributed by atoms with E-state index in [0.29, 0.717) is 19.3 Å². The lowest BCUT2D eigenvalue weighted by atomic mass is 10.1. The van der Waals surface area contributed by atoms with E-state index in [0.717, 1.165) is 37.6 Å². The minimum atomic E-state index is 0.149. The molecule has 3 rings (SSSR count). The van der Waals surface area contributed by atoms with E-state index in [4.69, 9.17) is 0 Å². The summed E-state index contributed by atoms with van der Waals surface area (Å²) < 4.78 is 0. The number of piperazine rings is 1. The molecule has 1 saturated heterocycles. The van der Waals surface area contributed by atoms with Crippen molar-refractivity contribution in [2.24, 2.45) is 0 Å². The third-order valence-electron chi connectivity index (χ3n) is 4.56. The normalized spacial score (nSPS) is 15.3. The lowest BCUT2D eigenvalue weighted by Gasteiger charge is -2.34. The zero-order valence-corrected chi connectivity index (χ0v) is 15.2. The van der Waals surface area contributed by atoms with Gasteiger partial charge in [-0.2, -0.15) is 0 Å². The zero-order chi connectivity index (χ0) is 17.5. The monoisotopic (exact) mass is 356 g/mol. The number of hydrogen-bond donors (Lipinski definition) is 0. The molecule has 132 valence electrons. The van der Waals surface area contributed by atoms with Crippen LogP contribution in [0.2, 0.25) is 0 Å². The lowest BCUT2D eigenvalue weighted by molar-refractivity contribution is -0.133. The summed E-state index contributed by atoms with van der Waals surface area (Å²) in [5.41, 5.74) is 1.31. The molecule has 25 heavy (non-hydrogen) atoms. The first kappa shape index (κ1) is 17.8. The SMILES string of the molecule is O=C(CCCC(=O)N1CCN(Cc2ccccc2)CC1)c1cccs1. The number of rotatable bonds is 7. The number of benzene rings is 1. The molecule has 1 aromatic carbocycles. The highest BCUT2D eigenvalue weighted by atomic mass is 32.1. The zero-order valence-electron chi connectivity index (χ0n) is 14.4. The van der Waals surface area contributed by atoms with Gasteiger partial charge in [-0.15, -0.1) is 11.3 Å². The van der Waals surface area contributed by atoms with E-state index in [2.05, 4.69) is 29.2 Å². The van der Waals surface area contributed by atoms with Gasteiger partial charge in [0.15, 0.2) is 5.78 Å². The van der Waals surface area contributed by atoms with E-state index >= 15 is 0 Å². The summed E-state index contributed by atoms with van der Waals surface area (Å²) in [6.07, 6.45) is 1.57. The number of Topliss-reactive ketones (excluding diaryl/α,β-unsaturated/α-hetero) is 1. The molecule has 0 radical (unpaired) electrons. The highest BCUT2D eigenvalue weighted by Crippen LogP contribution is 2.14. The van der Waals surface area contributed by atoms with Crippen LogP contribution in [0.1, 0.15) is 34.5 Å². The Labute approximate surface area is 153 Å². The van der Waals surface area contributed by atoms with E-state index in [1.54, 1.807) is 0 Å². The molecule has 0 spiro atoms. The van der Waals surface area contributed by atoms with Gasteiger partial charge in [-0.3, -0.25) is 14.5 Å². The van der Waals surface area contributed by atoms with Crippen molar-refractivity contribution in [1.29, 1.82) is 0 Å². The van der Waals surface area contributed by atoms with Gasteiger partial charge in [-0.25, -0.2) is 0 Å². The maximum atomic E-state index is 12.3. The molecule has 0 saturated carbocycles. The van der Waals surface area contributed by atoms with Crippen molar-refractivity contribution in [3.05, 3.63) is 58.3 Å². The average Bonchev–Trinajstić information content (AvgIpc) is 3.18. The molecule has 1 amide bonds. The van der Waals surface area contributed by atoms with Crippen LogP contribution in [-0.2, 0) is 11.3 Å². The Balaban J connectivity index is 1.36. The van der Waals surface area contributed by atoms with Gasteiger partial charge in [0, 0.05) is 45.6 Å². The summed E-state index contributed by atoms with van der Waals surface area (Å²) in [6, 6.07) is 14.2. The molecule has 2 heterocycles. The van der Waals surface area contributed by atoms with E-state index in [-0.39, 0.29) is 11.7 Å². The molecule has 0 unspecified atom stereocenters. The predicted molar refractivity (Wildman–Crippen MR) is 101 cm³/mol. The van der Waals surface area contributed by atoms with Crippen molar-refractivity contribution < 1.29 is 9.59 Å². The van der Waals surface area contributed by atoms with Crippen molar-refractivity contribution >= 4 is 23.0 Å². The van der Waals surface area contributed by atoms with Crippen LogP contribution in [0.3, 0.4) is 0 Å². The van der Waals surface area contributed by atoms with Gasteiger partial charge >= 0.3 is 0 Å². The molecule has 0 bridgehead atoms. The number of carbonyl (C=O) groups excluding carboxylic acids is 2. The van der Waals surface area contributed by atoms with Crippen LogP contribution in [0.5, 0.6) is 0 Å². The molecule has 2 aromatic rings. The number of thiophene rings is 1. The van der Waals surface area contributed by atoms with Crippen molar-refractivity contribution in [2.45, 2.75) is 25.8 Å². The number of hydrogen-bond acceptors (Lipinski definition) is 4. The molecular weight excluding hydrogens is 332 g/mol. The third-order valence-corrected chi connectivity index (χ3v) is 5.48. The first-order chi connectivity index (χ1) is 12.2.